The predicted molar refractivity (Wildman–Crippen MR) is 89.5 cm³/mol. The second-order valence-corrected chi connectivity index (χ2v) is 5.81. The predicted octanol–water partition coefficient (Wildman–Crippen LogP) is 4.95. The second kappa shape index (κ2) is 8.07. The number of hydrogen-bond donors (Lipinski definition) is 2. The third-order valence-corrected chi connectivity index (χ3v) is 3.27. The van der Waals surface area contributed by atoms with Gasteiger partial charge in [-0.3, -0.25) is 0 Å². The van der Waals surface area contributed by atoms with Crippen molar-refractivity contribution in [3.05, 3.63) is 59.4 Å². The van der Waals surface area contributed by atoms with Crippen molar-refractivity contribution < 1.29 is 27.1 Å². The smallest absolute Gasteiger partial charge is 0.416 e. The summed E-state index contributed by atoms with van der Waals surface area (Å²) >= 11 is 0. The summed E-state index contributed by atoms with van der Waals surface area (Å²) in [4.78, 5) is 11.8. The lowest BCUT2D eigenvalue weighted by Gasteiger charge is -2.13. The number of alkyl halides is 3. The summed E-state index contributed by atoms with van der Waals surface area (Å²) in [5.41, 5.74) is -0.595. The van der Waals surface area contributed by atoms with E-state index in [9.17, 15) is 22.4 Å². The van der Waals surface area contributed by atoms with Gasteiger partial charge in [-0.15, -0.1) is 0 Å². The minimum Gasteiger partial charge on any atom is -0.491 e. The fraction of sp³-hybridized carbons (Fsp3) is 0.278. The number of rotatable bonds is 5. The van der Waals surface area contributed by atoms with E-state index >= 15 is 0 Å². The van der Waals surface area contributed by atoms with Crippen LogP contribution in [0.15, 0.2) is 42.5 Å². The molecular weight excluding hydrogens is 352 g/mol. The molecule has 4 nitrogen and oxygen atoms in total. The van der Waals surface area contributed by atoms with E-state index in [1.165, 1.54) is 24.3 Å². The Balaban J connectivity index is 1.95. The Morgan fingerprint density at radius 2 is 1.88 bits per heavy atom. The zero-order valence-electron chi connectivity index (χ0n) is 14.2. The molecule has 0 heterocycles. The van der Waals surface area contributed by atoms with Crippen LogP contribution >= 0.6 is 0 Å². The maximum absolute atomic E-state index is 14.0. The lowest BCUT2D eigenvalue weighted by Crippen LogP contribution is -2.28. The van der Waals surface area contributed by atoms with Crippen molar-refractivity contribution in [2.75, 3.05) is 5.32 Å². The molecule has 0 spiro atoms. The van der Waals surface area contributed by atoms with E-state index in [0.717, 1.165) is 18.2 Å². The summed E-state index contributed by atoms with van der Waals surface area (Å²) in [6, 6.07) is 7.85. The average molecular weight is 370 g/mol. The molecule has 0 aliphatic carbocycles. The molecule has 0 saturated heterocycles. The van der Waals surface area contributed by atoms with Crippen molar-refractivity contribution >= 4 is 11.7 Å². The monoisotopic (exact) mass is 370 g/mol. The zero-order valence-corrected chi connectivity index (χ0v) is 14.2. The number of ether oxygens (including phenoxy) is 1. The summed E-state index contributed by atoms with van der Waals surface area (Å²) in [5, 5.41) is 4.69. The molecule has 0 unspecified atom stereocenters. The van der Waals surface area contributed by atoms with E-state index in [-0.39, 0.29) is 23.9 Å². The largest absolute Gasteiger partial charge is 0.491 e. The molecule has 0 radical (unpaired) electrons. The first-order valence-corrected chi connectivity index (χ1v) is 7.82. The van der Waals surface area contributed by atoms with Crippen molar-refractivity contribution in [3.63, 3.8) is 0 Å². The molecule has 26 heavy (non-hydrogen) atoms. The molecule has 2 N–H and O–H groups in total. The van der Waals surface area contributed by atoms with Crippen LogP contribution < -0.4 is 15.4 Å². The summed E-state index contributed by atoms with van der Waals surface area (Å²) in [7, 11) is 0. The summed E-state index contributed by atoms with van der Waals surface area (Å²) in [6.07, 6.45) is -4.58. The summed E-state index contributed by atoms with van der Waals surface area (Å²) in [5.74, 6) is -0.357. The highest BCUT2D eigenvalue weighted by Gasteiger charge is 2.30. The molecule has 0 bridgehead atoms. The maximum Gasteiger partial charge on any atom is 0.416 e. The van der Waals surface area contributed by atoms with Gasteiger partial charge >= 0.3 is 12.2 Å². The highest BCUT2D eigenvalue weighted by Crippen LogP contribution is 2.29. The number of amides is 2. The SMILES string of the molecule is CC(C)Oc1ccc(NC(=O)NCc2cccc(C(F)(F)F)c2)c(F)c1. The van der Waals surface area contributed by atoms with Gasteiger partial charge in [0.2, 0.25) is 0 Å². The van der Waals surface area contributed by atoms with Gasteiger partial charge in [-0.2, -0.15) is 13.2 Å². The minimum atomic E-state index is -4.46. The Kier molecular flexibility index (Phi) is 6.07. The van der Waals surface area contributed by atoms with Gasteiger partial charge in [0.25, 0.3) is 0 Å². The van der Waals surface area contributed by atoms with Crippen LogP contribution in [0.2, 0.25) is 0 Å². The van der Waals surface area contributed by atoms with Crippen LogP contribution in [0, 0.1) is 5.82 Å². The van der Waals surface area contributed by atoms with Crippen molar-refractivity contribution in [2.45, 2.75) is 32.7 Å². The van der Waals surface area contributed by atoms with Gasteiger partial charge in [0.1, 0.15) is 11.6 Å². The molecule has 0 atom stereocenters. The van der Waals surface area contributed by atoms with Crippen LogP contribution in [0.3, 0.4) is 0 Å². The quantitative estimate of drug-likeness (QED) is 0.732. The number of benzene rings is 2. The molecule has 0 aliphatic rings. The number of hydrogen-bond acceptors (Lipinski definition) is 2. The molecule has 0 aromatic heterocycles. The molecule has 2 rings (SSSR count). The van der Waals surface area contributed by atoms with Gasteiger partial charge < -0.3 is 15.4 Å². The Bertz CT molecular complexity index is 776. The first-order valence-electron chi connectivity index (χ1n) is 7.82. The summed E-state index contributed by atoms with van der Waals surface area (Å²) in [6.45, 7) is 3.46. The highest BCUT2D eigenvalue weighted by molar-refractivity contribution is 5.89. The van der Waals surface area contributed by atoms with E-state index in [0.29, 0.717) is 5.75 Å². The lowest BCUT2D eigenvalue weighted by atomic mass is 10.1. The van der Waals surface area contributed by atoms with Gasteiger partial charge in [-0.1, -0.05) is 12.1 Å². The maximum atomic E-state index is 14.0. The van der Waals surface area contributed by atoms with Gasteiger partial charge in [-0.25, -0.2) is 9.18 Å². The van der Waals surface area contributed by atoms with Crippen molar-refractivity contribution in [3.8, 4) is 5.75 Å². The van der Waals surface area contributed by atoms with E-state index in [1.54, 1.807) is 13.8 Å². The van der Waals surface area contributed by atoms with Crippen molar-refractivity contribution in [1.82, 2.24) is 5.32 Å². The summed E-state index contributed by atoms with van der Waals surface area (Å²) < 4.78 is 57.3. The van der Waals surface area contributed by atoms with Crippen LogP contribution in [0.5, 0.6) is 5.75 Å². The van der Waals surface area contributed by atoms with E-state index < -0.39 is 23.6 Å². The van der Waals surface area contributed by atoms with E-state index in [1.807, 2.05) is 0 Å². The average Bonchev–Trinajstić information content (AvgIpc) is 2.54. The fourth-order valence-electron chi connectivity index (χ4n) is 2.15. The van der Waals surface area contributed by atoms with E-state index in [4.69, 9.17) is 4.74 Å². The Labute approximate surface area is 148 Å². The Morgan fingerprint density at radius 1 is 1.15 bits per heavy atom. The van der Waals surface area contributed by atoms with Gasteiger partial charge in [-0.05, 0) is 43.7 Å². The third-order valence-electron chi connectivity index (χ3n) is 3.27. The molecule has 0 aliphatic heterocycles. The molecule has 2 aromatic rings. The zero-order chi connectivity index (χ0) is 19.3. The van der Waals surface area contributed by atoms with Crippen LogP contribution in [0.25, 0.3) is 0 Å². The van der Waals surface area contributed by atoms with Crippen molar-refractivity contribution in [2.24, 2.45) is 0 Å². The number of anilines is 1. The number of carbonyl (C=O) groups is 1. The first-order chi connectivity index (χ1) is 12.1. The van der Waals surface area contributed by atoms with Gasteiger partial charge in [0, 0.05) is 12.6 Å². The molecule has 0 fully saturated rings. The highest BCUT2D eigenvalue weighted by atomic mass is 19.4. The van der Waals surface area contributed by atoms with Crippen LogP contribution in [0.1, 0.15) is 25.0 Å². The number of carbonyl (C=O) groups excluding carboxylic acids is 1. The van der Waals surface area contributed by atoms with Crippen LogP contribution in [-0.4, -0.2) is 12.1 Å². The molecule has 140 valence electrons. The molecule has 2 aromatic carbocycles. The number of nitrogens with one attached hydrogen (secondary N) is 2. The Hall–Kier alpha value is -2.77. The topological polar surface area (TPSA) is 50.4 Å². The molecule has 2 amide bonds. The number of urea groups is 1. The first kappa shape index (κ1) is 19.6. The lowest BCUT2D eigenvalue weighted by molar-refractivity contribution is -0.137. The third kappa shape index (κ3) is 5.65. The minimum absolute atomic E-state index is 0.0670. The van der Waals surface area contributed by atoms with E-state index in [2.05, 4.69) is 10.6 Å². The Morgan fingerprint density at radius 3 is 2.50 bits per heavy atom. The standard InChI is InChI=1S/C18H18F4N2O2/c1-11(2)26-14-6-7-16(15(19)9-14)24-17(25)23-10-12-4-3-5-13(8-12)18(20,21)22/h3-9,11H,10H2,1-2H3,(H2,23,24,25). The molecular formula is C18H18F4N2O2. The molecule has 8 heteroatoms. The van der Waals surface area contributed by atoms with Crippen molar-refractivity contribution in [1.29, 1.82) is 0 Å². The fourth-order valence-corrected chi connectivity index (χ4v) is 2.15. The van der Waals surface area contributed by atoms with Crippen LogP contribution in [0.4, 0.5) is 28.0 Å². The number of halogens is 4. The van der Waals surface area contributed by atoms with Gasteiger partial charge in [0.15, 0.2) is 0 Å². The van der Waals surface area contributed by atoms with Gasteiger partial charge in [0.05, 0.1) is 17.4 Å². The van der Waals surface area contributed by atoms with Crippen LogP contribution in [-0.2, 0) is 12.7 Å². The molecule has 0 saturated carbocycles. The normalized spacial score (nSPS) is 11.3. The second-order valence-electron chi connectivity index (χ2n) is 5.81.